The van der Waals surface area contributed by atoms with E-state index in [0.29, 0.717) is 99.1 Å². The summed E-state index contributed by atoms with van der Waals surface area (Å²) in [5, 5.41) is 0. The van der Waals surface area contributed by atoms with E-state index < -0.39 is 10.4 Å². The number of rotatable bonds is 37. The standard InChI is InChI=1S/C33H60O13S/c1-2-3-4-5-6-7-8-9-32-10-12-33(13-11-32)45-30-28-43-26-24-41-22-20-39-18-16-37-14-15-38-17-19-40-21-23-42-25-27-44-29-31-46-47(34,35)36/h10-13H,2-9,14-31H2,1H3,(H,34,35,36). The monoisotopic (exact) mass is 696 g/mol. The van der Waals surface area contributed by atoms with Gasteiger partial charge in [-0.1, -0.05) is 57.6 Å². The summed E-state index contributed by atoms with van der Waals surface area (Å²) in [7, 11) is -4.42. The maximum Gasteiger partial charge on any atom is 0.397 e. The van der Waals surface area contributed by atoms with Crippen molar-refractivity contribution in [3.8, 4) is 5.75 Å². The van der Waals surface area contributed by atoms with Gasteiger partial charge in [0.15, 0.2) is 0 Å². The third kappa shape index (κ3) is 32.9. The van der Waals surface area contributed by atoms with E-state index >= 15 is 0 Å². The molecule has 276 valence electrons. The van der Waals surface area contributed by atoms with Gasteiger partial charge in [-0.2, -0.15) is 8.42 Å². The van der Waals surface area contributed by atoms with Crippen LogP contribution in [0, 0.1) is 0 Å². The summed E-state index contributed by atoms with van der Waals surface area (Å²) in [5.74, 6) is 0.876. The molecule has 0 fully saturated rings. The van der Waals surface area contributed by atoms with Crippen molar-refractivity contribution in [3.63, 3.8) is 0 Å². The van der Waals surface area contributed by atoms with Crippen LogP contribution >= 0.6 is 0 Å². The number of hydrogen-bond donors (Lipinski definition) is 1. The molecule has 13 nitrogen and oxygen atoms in total. The molecule has 0 aliphatic heterocycles. The fourth-order valence-electron chi connectivity index (χ4n) is 4.10. The van der Waals surface area contributed by atoms with Crippen molar-refractivity contribution >= 4 is 10.4 Å². The fraction of sp³-hybridized carbons (Fsp3) is 0.818. The number of ether oxygens (including phenoxy) is 9. The maximum absolute atomic E-state index is 10.3. The number of aryl methyl sites for hydroxylation is 1. The minimum atomic E-state index is -4.42. The van der Waals surface area contributed by atoms with Crippen molar-refractivity contribution in [1.29, 1.82) is 0 Å². The average molecular weight is 697 g/mol. The van der Waals surface area contributed by atoms with Crippen LogP contribution in [0.5, 0.6) is 5.75 Å². The van der Waals surface area contributed by atoms with Gasteiger partial charge in [-0.25, -0.2) is 4.18 Å². The lowest BCUT2D eigenvalue weighted by Crippen LogP contribution is -2.15. The number of hydrogen-bond acceptors (Lipinski definition) is 12. The molecule has 0 amide bonds. The van der Waals surface area contributed by atoms with Gasteiger partial charge < -0.3 is 42.6 Å². The SMILES string of the molecule is CCCCCCCCCc1ccc(OCCOCCOCCOCCOCCOCCOCCOCCOCCOS(=O)(=O)O)cc1. The fourth-order valence-corrected chi connectivity index (χ4v) is 4.38. The Bertz CT molecular complexity index is 887. The molecule has 0 bridgehead atoms. The first kappa shape index (κ1) is 43.6. The number of unbranched alkanes of at least 4 members (excludes halogenated alkanes) is 6. The van der Waals surface area contributed by atoms with Crippen LogP contribution in [0.1, 0.15) is 57.4 Å². The molecule has 0 saturated heterocycles. The van der Waals surface area contributed by atoms with Gasteiger partial charge >= 0.3 is 10.4 Å². The highest BCUT2D eigenvalue weighted by atomic mass is 32.3. The smallest absolute Gasteiger partial charge is 0.397 e. The van der Waals surface area contributed by atoms with Gasteiger partial charge in [0.1, 0.15) is 12.4 Å². The Hall–Kier alpha value is -1.43. The van der Waals surface area contributed by atoms with Crippen LogP contribution in [0.25, 0.3) is 0 Å². The zero-order chi connectivity index (χ0) is 33.9. The Morgan fingerprint density at radius 2 is 0.809 bits per heavy atom. The zero-order valence-electron chi connectivity index (χ0n) is 28.4. The van der Waals surface area contributed by atoms with Crippen molar-refractivity contribution in [2.24, 2.45) is 0 Å². The molecule has 0 saturated carbocycles. The summed E-state index contributed by atoms with van der Waals surface area (Å²) in [4.78, 5) is 0. The normalized spacial score (nSPS) is 11.8. The highest BCUT2D eigenvalue weighted by Crippen LogP contribution is 2.15. The Kier molecular flexibility index (Phi) is 30.7. The Labute approximate surface area is 282 Å². The Balaban J connectivity index is 1.72. The average Bonchev–Trinajstić information content (AvgIpc) is 3.05. The summed E-state index contributed by atoms with van der Waals surface area (Å²) in [6.45, 7) is 9.35. The number of benzene rings is 1. The van der Waals surface area contributed by atoms with Gasteiger partial charge in [0, 0.05) is 0 Å². The van der Waals surface area contributed by atoms with Gasteiger partial charge in [-0.05, 0) is 30.5 Å². The molecule has 0 atom stereocenters. The molecule has 1 aromatic rings. The maximum atomic E-state index is 10.3. The summed E-state index contributed by atoms with van der Waals surface area (Å²) >= 11 is 0. The van der Waals surface area contributed by atoms with E-state index in [1.54, 1.807) is 0 Å². The second kappa shape index (κ2) is 33.1. The third-order valence-electron chi connectivity index (χ3n) is 6.55. The van der Waals surface area contributed by atoms with Crippen molar-refractivity contribution in [1.82, 2.24) is 0 Å². The van der Waals surface area contributed by atoms with Crippen LogP contribution < -0.4 is 4.74 Å². The van der Waals surface area contributed by atoms with E-state index in [9.17, 15) is 8.42 Å². The highest BCUT2D eigenvalue weighted by molar-refractivity contribution is 7.80. The predicted molar refractivity (Wildman–Crippen MR) is 178 cm³/mol. The lowest BCUT2D eigenvalue weighted by atomic mass is 10.0. The molecule has 1 aromatic carbocycles. The topological polar surface area (TPSA) is 147 Å². The first-order chi connectivity index (χ1) is 23.0. The van der Waals surface area contributed by atoms with E-state index in [-0.39, 0.29) is 19.8 Å². The van der Waals surface area contributed by atoms with Crippen LogP contribution in [-0.4, -0.2) is 132 Å². The lowest BCUT2D eigenvalue weighted by molar-refractivity contribution is -0.0241. The molecule has 1 rings (SSSR count). The van der Waals surface area contributed by atoms with E-state index in [1.165, 1.54) is 50.5 Å². The zero-order valence-corrected chi connectivity index (χ0v) is 29.3. The Morgan fingerprint density at radius 3 is 1.19 bits per heavy atom. The van der Waals surface area contributed by atoms with Crippen LogP contribution in [-0.2, 0) is 58.9 Å². The molecule has 0 unspecified atom stereocenters. The van der Waals surface area contributed by atoms with Crippen LogP contribution in [0.4, 0.5) is 0 Å². The second-order valence-corrected chi connectivity index (χ2v) is 11.6. The van der Waals surface area contributed by atoms with Crippen LogP contribution in [0.3, 0.4) is 0 Å². The van der Waals surface area contributed by atoms with Crippen LogP contribution in [0.15, 0.2) is 24.3 Å². The predicted octanol–water partition coefficient (Wildman–Crippen LogP) is 4.31. The molecule has 0 aliphatic carbocycles. The van der Waals surface area contributed by atoms with Crippen molar-refractivity contribution in [2.75, 3.05) is 119 Å². The van der Waals surface area contributed by atoms with E-state index in [4.69, 9.17) is 47.2 Å². The van der Waals surface area contributed by atoms with Gasteiger partial charge in [-0.15, -0.1) is 0 Å². The highest BCUT2D eigenvalue weighted by Gasteiger charge is 2.03. The van der Waals surface area contributed by atoms with Gasteiger partial charge in [0.25, 0.3) is 0 Å². The van der Waals surface area contributed by atoms with Crippen LogP contribution in [0.2, 0.25) is 0 Å². The van der Waals surface area contributed by atoms with E-state index in [0.717, 1.165) is 12.2 Å². The van der Waals surface area contributed by atoms with Crippen molar-refractivity contribution in [3.05, 3.63) is 29.8 Å². The second-order valence-electron chi connectivity index (χ2n) is 10.5. The lowest BCUT2D eigenvalue weighted by Gasteiger charge is -2.09. The first-order valence-corrected chi connectivity index (χ1v) is 18.3. The molecular formula is C33H60O13S. The first-order valence-electron chi connectivity index (χ1n) is 17.0. The quantitative estimate of drug-likeness (QED) is 0.0780. The minimum Gasteiger partial charge on any atom is -0.491 e. The third-order valence-corrected chi connectivity index (χ3v) is 7.02. The molecule has 0 heterocycles. The summed E-state index contributed by atoms with van der Waals surface area (Å²) < 4.78 is 82.2. The Morgan fingerprint density at radius 1 is 0.468 bits per heavy atom. The largest absolute Gasteiger partial charge is 0.491 e. The molecule has 14 heteroatoms. The minimum absolute atomic E-state index is 0.0344. The summed E-state index contributed by atoms with van der Waals surface area (Å²) in [6.07, 6.45) is 10.5. The van der Waals surface area contributed by atoms with E-state index in [2.05, 4.69) is 23.2 Å². The van der Waals surface area contributed by atoms with Gasteiger partial charge in [0.05, 0.1) is 112 Å². The summed E-state index contributed by atoms with van der Waals surface area (Å²) in [6, 6.07) is 8.41. The molecular weight excluding hydrogens is 636 g/mol. The molecule has 1 N–H and O–H groups in total. The molecule has 0 aliphatic rings. The summed E-state index contributed by atoms with van der Waals surface area (Å²) in [5.41, 5.74) is 1.37. The van der Waals surface area contributed by atoms with Gasteiger partial charge in [-0.3, -0.25) is 4.55 Å². The van der Waals surface area contributed by atoms with E-state index in [1.807, 2.05) is 12.1 Å². The molecule has 0 spiro atoms. The molecule has 47 heavy (non-hydrogen) atoms. The van der Waals surface area contributed by atoms with Crippen molar-refractivity contribution < 1.29 is 59.8 Å². The van der Waals surface area contributed by atoms with Gasteiger partial charge in [0.2, 0.25) is 0 Å². The molecule has 0 aromatic heterocycles. The molecule has 0 radical (unpaired) electrons. The van der Waals surface area contributed by atoms with Crippen molar-refractivity contribution in [2.45, 2.75) is 58.3 Å².